The smallest absolute Gasteiger partial charge is 0.252 e. The van der Waals surface area contributed by atoms with Gasteiger partial charge in [-0.05, 0) is 25.5 Å². The summed E-state index contributed by atoms with van der Waals surface area (Å²) >= 11 is 0. The molecule has 5 rings (SSSR count). The third-order valence-corrected chi connectivity index (χ3v) is 6.11. The lowest BCUT2D eigenvalue weighted by atomic mass is 9.77. The van der Waals surface area contributed by atoms with E-state index in [1.165, 1.54) is 6.20 Å². The van der Waals surface area contributed by atoms with Gasteiger partial charge in [0.2, 0.25) is 0 Å². The number of hydrogen-bond donors (Lipinski definition) is 2. The number of primary amides is 1. The fraction of sp³-hybridized carbons (Fsp3) is 0.350. The fourth-order valence-corrected chi connectivity index (χ4v) is 4.62. The number of nitrogens with one attached hydrogen (secondary N) is 1. The largest absolute Gasteiger partial charge is 0.365 e. The molecule has 138 valence electrons. The number of carbonyl (C=O) groups excluding carboxylic acids is 2. The number of Topliss-reactive ketones (excluding diaryl/α,β-unsaturated/α-hetero) is 1. The molecule has 27 heavy (non-hydrogen) atoms. The van der Waals surface area contributed by atoms with Crippen LogP contribution in [0.25, 0.3) is 21.8 Å². The van der Waals surface area contributed by atoms with E-state index in [4.69, 9.17) is 5.73 Å². The van der Waals surface area contributed by atoms with Crippen LogP contribution in [0.3, 0.4) is 0 Å². The summed E-state index contributed by atoms with van der Waals surface area (Å²) in [5.74, 6) is -0.253. The second-order valence-corrected chi connectivity index (χ2v) is 7.54. The summed E-state index contributed by atoms with van der Waals surface area (Å²) in [5.41, 5.74) is 7.46. The molecule has 0 bridgehead atoms. The summed E-state index contributed by atoms with van der Waals surface area (Å²) < 4.78 is 2.00. The molecule has 2 aliphatic rings. The van der Waals surface area contributed by atoms with Crippen molar-refractivity contribution in [3.05, 3.63) is 42.2 Å². The van der Waals surface area contributed by atoms with Crippen LogP contribution >= 0.6 is 0 Å². The number of amides is 1. The Kier molecular flexibility index (Phi) is 3.48. The molecule has 7 nitrogen and oxygen atoms in total. The van der Waals surface area contributed by atoms with Gasteiger partial charge in [0.15, 0.2) is 5.78 Å². The average Bonchev–Trinajstić information content (AvgIpc) is 3.28. The highest BCUT2D eigenvalue weighted by Gasteiger charge is 2.44. The van der Waals surface area contributed by atoms with Gasteiger partial charge in [-0.1, -0.05) is 18.2 Å². The van der Waals surface area contributed by atoms with E-state index >= 15 is 0 Å². The Morgan fingerprint density at radius 2 is 2.04 bits per heavy atom. The molecule has 2 aliphatic heterocycles. The summed E-state index contributed by atoms with van der Waals surface area (Å²) in [6.07, 6.45) is 4.98. The highest BCUT2D eigenvalue weighted by Crippen LogP contribution is 2.36. The van der Waals surface area contributed by atoms with Gasteiger partial charge >= 0.3 is 0 Å². The van der Waals surface area contributed by atoms with E-state index in [-0.39, 0.29) is 11.2 Å². The van der Waals surface area contributed by atoms with Gasteiger partial charge < -0.3 is 16.1 Å². The van der Waals surface area contributed by atoms with Gasteiger partial charge in [-0.15, -0.1) is 0 Å². The number of nitrogens with two attached hydrogens (primary N) is 1. The van der Waals surface area contributed by atoms with Crippen LogP contribution in [-0.4, -0.2) is 47.5 Å². The van der Waals surface area contributed by atoms with Crippen LogP contribution in [-0.2, 0) is 4.79 Å². The second-order valence-electron chi connectivity index (χ2n) is 7.54. The highest BCUT2D eigenvalue weighted by atomic mass is 16.1. The molecular formula is C20H21N5O2. The lowest BCUT2D eigenvalue weighted by Crippen LogP contribution is -2.53. The summed E-state index contributed by atoms with van der Waals surface area (Å²) in [5, 5.41) is 7.25. The summed E-state index contributed by atoms with van der Waals surface area (Å²) in [6.45, 7) is 2.75. The van der Waals surface area contributed by atoms with Crippen LogP contribution < -0.4 is 16.1 Å². The zero-order chi connectivity index (χ0) is 18.6. The molecule has 0 radical (unpaired) electrons. The van der Waals surface area contributed by atoms with Crippen molar-refractivity contribution in [2.75, 3.05) is 31.2 Å². The highest BCUT2D eigenvalue weighted by molar-refractivity contribution is 6.15. The first kappa shape index (κ1) is 16.3. The number of nitrogens with zero attached hydrogens (tertiary/aromatic N) is 3. The second kappa shape index (κ2) is 5.79. The Morgan fingerprint density at radius 3 is 2.78 bits per heavy atom. The number of pyridine rings is 1. The summed E-state index contributed by atoms with van der Waals surface area (Å²) in [6, 6.07) is 7.94. The monoisotopic (exact) mass is 363 g/mol. The number of carbonyl (C=O) groups is 2. The van der Waals surface area contributed by atoms with Crippen molar-refractivity contribution in [1.82, 2.24) is 15.0 Å². The molecule has 4 heterocycles. The molecule has 7 heteroatoms. The van der Waals surface area contributed by atoms with E-state index in [0.29, 0.717) is 12.1 Å². The molecule has 1 aromatic carbocycles. The van der Waals surface area contributed by atoms with Crippen molar-refractivity contribution in [1.29, 1.82) is 0 Å². The fourth-order valence-electron chi connectivity index (χ4n) is 4.62. The molecule has 1 amide bonds. The van der Waals surface area contributed by atoms with Gasteiger partial charge in [0.05, 0.1) is 23.1 Å². The van der Waals surface area contributed by atoms with E-state index < -0.39 is 5.91 Å². The molecule has 3 N–H and O–H groups in total. The predicted molar refractivity (Wildman–Crippen MR) is 103 cm³/mol. The Labute approximate surface area is 156 Å². The predicted octanol–water partition coefficient (Wildman–Crippen LogP) is 1.18. The number of para-hydroxylation sites is 1. The molecule has 2 fully saturated rings. The van der Waals surface area contributed by atoms with Crippen molar-refractivity contribution in [3.63, 3.8) is 0 Å². The molecule has 0 aliphatic carbocycles. The Morgan fingerprint density at radius 1 is 1.19 bits per heavy atom. The van der Waals surface area contributed by atoms with Crippen LogP contribution in [0.1, 0.15) is 23.2 Å². The minimum atomic E-state index is -0.517. The van der Waals surface area contributed by atoms with Crippen LogP contribution in [0.2, 0.25) is 0 Å². The maximum absolute atomic E-state index is 13.0. The zero-order valence-corrected chi connectivity index (χ0v) is 14.9. The van der Waals surface area contributed by atoms with Crippen molar-refractivity contribution < 1.29 is 9.59 Å². The number of aromatic nitrogens is 2. The normalized spacial score (nSPS) is 23.0. The van der Waals surface area contributed by atoms with E-state index in [0.717, 1.165) is 54.3 Å². The number of fused-ring (bicyclic) bond motifs is 3. The SMILES string of the molecule is NC(=O)c1cncc2c3ccccc3n(N3CCC4(CCNC4)C(=O)C3)c12. The van der Waals surface area contributed by atoms with Crippen LogP contribution in [0, 0.1) is 5.41 Å². The number of rotatable bonds is 2. The minimum absolute atomic E-state index is 0.233. The first-order chi connectivity index (χ1) is 13.1. The van der Waals surface area contributed by atoms with Crippen molar-refractivity contribution >= 4 is 33.5 Å². The maximum Gasteiger partial charge on any atom is 0.252 e. The third kappa shape index (κ3) is 2.28. The molecule has 0 saturated carbocycles. The maximum atomic E-state index is 13.0. The Balaban J connectivity index is 1.70. The van der Waals surface area contributed by atoms with E-state index in [1.54, 1.807) is 6.20 Å². The first-order valence-electron chi connectivity index (χ1n) is 9.27. The first-order valence-corrected chi connectivity index (χ1v) is 9.27. The van der Waals surface area contributed by atoms with Gasteiger partial charge in [0.25, 0.3) is 5.91 Å². The molecule has 1 spiro atoms. The average molecular weight is 363 g/mol. The van der Waals surface area contributed by atoms with Crippen LogP contribution in [0.15, 0.2) is 36.7 Å². The van der Waals surface area contributed by atoms with Gasteiger partial charge in [-0.2, -0.15) is 0 Å². The Hall–Kier alpha value is -2.93. The van der Waals surface area contributed by atoms with Crippen molar-refractivity contribution in [2.24, 2.45) is 11.1 Å². The molecule has 1 atom stereocenters. The summed E-state index contributed by atoms with van der Waals surface area (Å²) in [4.78, 5) is 29.3. The molecule has 3 aromatic rings. The lowest BCUT2D eigenvalue weighted by molar-refractivity contribution is -0.128. The van der Waals surface area contributed by atoms with E-state index in [2.05, 4.69) is 10.3 Å². The van der Waals surface area contributed by atoms with Gasteiger partial charge in [-0.25, -0.2) is 0 Å². The molecule has 2 saturated heterocycles. The van der Waals surface area contributed by atoms with E-state index in [9.17, 15) is 9.59 Å². The third-order valence-electron chi connectivity index (χ3n) is 6.11. The zero-order valence-electron chi connectivity index (χ0n) is 14.9. The van der Waals surface area contributed by atoms with Crippen molar-refractivity contribution in [3.8, 4) is 0 Å². The number of piperidine rings is 1. The Bertz CT molecular complexity index is 1080. The van der Waals surface area contributed by atoms with Crippen LogP contribution in [0.5, 0.6) is 0 Å². The number of hydrogen-bond acceptors (Lipinski definition) is 5. The number of benzene rings is 1. The topological polar surface area (TPSA) is 93.2 Å². The molecule has 1 unspecified atom stereocenters. The molecular weight excluding hydrogens is 342 g/mol. The van der Waals surface area contributed by atoms with Gasteiger partial charge in [0, 0.05) is 41.7 Å². The number of ketones is 1. The summed E-state index contributed by atoms with van der Waals surface area (Å²) in [7, 11) is 0. The quantitative estimate of drug-likeness (QED) is 0.713. The molecule has 2 aromatic heterocycles. The standard InChI is InChI=1S/C20H21N5O2/c21-19(27)15-10-23-9-14-13-3-1-2-4-16(13)25(18(14)15)24-8-6-20(17(26)11-24)5-7-22-12-20/h1-4,9-10,22H,5-8,11-12H2,(H2,21,27). The van der Waals surface area contributed by atoms with Gasteiger partial charge in [0.1, 0.15) is 0 Å². The van der Waals surface area contributed by atoms with Crippen molar-refractivity contribution in [2.45, 2.75) is 12.8 Å². The lowest BCUT2D eigenvalue weighted by Gasteiger charge is -2.39. The van der Waals surface area contributed by atoms with E-state index in [1.807, 2.05) is 34.0 Å². The minimum Gasteiger partial charge on any atom is -0.365 e. The van der Waals surface area contributed by atoms with Crippen LogP contribution in [0.4, 0.5) is 0 Å². The van der Waals surface area contributed by atoms with Gasteiger partial charge in [-0.3, -0.25) is 19.2 Å².